The second-order valence-corrected chi connectivity index (χ2v) is 7.47. The molecule has 1 aromatic carbocycles. The van der Waals surface area contributed by atoms with Crippen LogP contribution in [0.15, 0.2) is 18.2 Å². The Morgan fingerprint density at radius 3 is 2.38 bits per heavy atom. The fourth-order valence-corrected chi connectivity index (χ4v) is 3.16. The van der Waals surface area contributed by atoms with E-state index in [1.54, 1.807) is 32.2 Å². The molecule has 0 saturated carbocycles. The van der Waals surface area contributed by atoms with Gasteiger partial charge in [0, 0.05) is 22.1 Å². The number of nitrogens with one attached hydrogen (secondary N) is 1. The number of hydrogen-bond acceptors (Lipinski definition) is 4. The van der Waals surface area contributed by atoms with Gasteiger partial charge in [-0.2, -0.15) is 0 Å². The predicted octanol–water partition coefficient (Wildman–Crippen LogP) is 2.40. The Bertz CT molecular complexity index is 532. The minimum atomic E-state index is -1.23. The molecule has 5 nitrogen and oxygen atoms in total. The summed E-state index contributed by atoms with van der Waals surface area (Å²) < 4.78 is 17.4. The van der Waals surface area contributed by atoms with Crippen molar-refractivity contribution >= 4 is 28.1 Å². The molecule has 3 atom stereocenters. The van der Waals surface area contributed by atoms with Crippen LogP contribution in [-0.2, 0) is 15.6 Å². The van der Waals surface area contributed by atoms with E-state index in [-0.39, 0.29) is 17.1 Å². The zero-order valence-corrected chi connectivity index (χ0v) is 14.0. The van der Waals surface area contributed by atoms with Gasteiger partial charge in [0.2, 0.25) is 5.91 Å². The second-order valence-electron chi connectivity index (χ2n) is 5.36. The van der Waals surface area contributed by atoms with Crippen molar-refractivity contribution in [3.63, 3.8) is 0 Å². The molecular formula is C15H24N2O3S. The first kappa shape index (κ1) is 17.5. The van der Waals surface area contributed by atoms with Crippen molar-refractivity contribution < 1.29 is 13.7 Å². The Balaban J connectivity index is 2.79. The number of amides is 1. The van der Waals surface area contributed by atoms with Gasteiger partial charge in [-0.1, -0.05) is 20.8 Å². The summed E-state index contributed by atoms with van der Waals surface area (Å²) in [5.41, 5.74) is 6.78. The molecule has 0 radical (unpaired) electrons. The molecule has 3 N–H and O–H groups in total. The van der Waals surface area contributed by atoms with Crippen molar-refractivity contribution in [2.45, 2.75) is 38.2 Å². The van der Waals surface area contributed by atoms with Gasteiger partial charge in [0.25, 0.3) is 0 Å². The first-order valence-corrected chi connectivity index (χ1v) is 8.19. The molecule has 1 amide bonds. The van der Waals surface area contributed by atoms with Gasteiger partial charge in [0.1, 0.15) is 11.0 Å². The van der Waals surface area contributed by atoms with Crippen molar-refractivity contribution in [2.75, 3.05) is 18.2 Å². The Morgan fingerprint density at radius 1 is 1.29 bits per heavy atom. The van der Waals surface area contributed by atoms with Crippen LogP contribution in [0.3, 0.4) is 0 Å². The summed E-state index contributed by atoms with van der Waals surface area (Å²) in [4.78, 5) is 12.2. The van der Waals surface area contributed by atoms with Gasteiger partial charge in [-0.15, -0.1) is 0 Å². The van der Waals surface area contributed by atoms with E-state index in [2.05, 4.69) is 5.32 Å². The third-order valence-electron chi connectivity index (χ3n) is 3.54. The Kier molecular flexibility index (Phi) is 6.20. The maximum Gasteiger partial charge on any atom is 0.239 e. The molecular weight excluding hydrogens is 288 g/mol. The summed E-state index contributed by atoms with van der Waals surface area (Å²) in [5.74, 6) is 0.584. The summed E-state index contributed by atoms with van der Waals surface area (Å²) in [5, 5.41) is 2.09. The summed E-state index contributed by atoms with van der Waals surface area (Å²) in [6.07, 6.45) is 0. The summed E-state index contributed by atoms with van der Waals surface area (Å²) >= 11 is 0. The van der Waals surface area contributed by atoms with Crippen LogP contribution in [0.4, 0.5) is 11.4 Å². The average Bonchev–Trinajstić information content (AvgIpc) is 2.46. The lowest BCUT2D eigenvalue weighted by atomic mass is 10.2. The third-order valence-corrected chi connectivity index (χ3v) is 5.73. The quantitative estimate of drug-likeness (QED) is 0.790. The zero-order chi connectivity index (χ0) is 16.2. The number of carbonyl (C=O) groups is 1. The molecule has 0 fully saturated rings. The molecule has 6 heteroatoms. The fraction of sp³-hybridized carbons (Fsp3) is 0.533. The minimum absolute atomic E-state index is 0.0426. The Morgan fingerprint density at radius 2 is 1.90 bits per heavy atom. The molecule has 0 saturated heterocycles. The molecule has 0 spiro atoms. The monoisotopic (exact) mass is 312 g/mol. The number of rotatable bonds is 6. The van der Waals surface area contributed by atoms with Crippen LogP contribution in [0.2, 0.25) is 0 Å². The van der Waals surface area contributed by atoms with Gasteiger partial charge < -0.3 is 15.8 Å². The van der Waals surface area contributed by atoms with Crippen LogP contribution >= 0.6 is 0 Å². The van der Waals surface area contributed by atoms with E-state index in [9.17, 15) is 9.00 Å². The van der Waals surface area contributed by atoms with Crippen molar-refractivity contribution in [3.05, 3.63) is 18.2 Å². The average molecular weight is 312 g/mol. The molecule has 0 aliphatic heterocycles. The molecule has 1 rings (SSSR count). The molecule has 21 heavy (non-hydrogen) atoms. The van der Waals surface area contributed by atoms with Gasteiger partial charge in [0.15, 0.2) is 0 Å². The van der Waals surface area contributed by atoms with Crippen LogP contribution in [0, 0.1) is 5.92 Å². The largest absolute Gasteiger partial charge is 0.497 e. The van der Waals surface area contributed by atoms with Crippen LogP contribution in [0.5, 0.6) is 5.75 Å². The normalized spacial score (nSPS) is 15.3. The molecule has 0 aliphatic rings. The molecule has 118 valence electrons. The smallest absolute Gasteiger partial charge is 0.239 e. The first-order chi connectivity index (χ1) is 9.77. The van der Waals surface area contributed by atoms with Crippen LogP contribution < -0.4 is 15.8 Å². The van der Waals surface area contributed by atoms with E-state index in [1.807, 2.05) is 20.8 Å². The lowest BCUT2D eigenvalue weighted by Crippen LogP contribution is -2.35. The van der Waals surface area contributed by atoms with Gasteiger partial charge in [-0.05, 0) is 25.0 Å². The first-order valence-electron chi connectivity index (χ1n) is 6.91. The molecule has 0 heterocycles. The number of methoxy groups -OCH3 is 1. The number of benzene rings is 1. The SMILES string of the molecule is COc1ccc(NC(=O)C(C)S(=O)C(C)C(C)C)c(N)c1. The van der Waals surface area contributed by atoms with E-state index >= 15 is 0 Å². The van der Waals surface area contributed by atoms with Crippen LogP contribution in [-0.4, -0.2) is 27.7 Å². The highest BCUT2D eigenvalue weighted by Gasteiger charge is 2.26. The Hall–Kier alpha value is -1.56. The van der Waals surface area contributed by atoms with E-state index in [4.69, 9.17) is 10.5 Å². The number of ether oxygens (including phenoxy) is 1. The molecule has 3 unspecified atom stereocenters. The molecule has 0 bridgehead atoms. The predicted molar refractivity (Wildman–Crippen MR) is 87.9 cm³/mol. The molecule has 0 aliphatic carbocycles. The molecule has 0 aromatic heterocycles. The lowest BCUT2D eigenvalue weighted by molar-refractivity contribution is -0.115. The summed E-state index contributed by atoms with van der Waals surface area (Å²) in [6, 6.07) is 5.02. The minimum Gasteiger partial charge on any atom is -0.497 e. The van der Waals surface area contributed by atoms with Crippen molar-refractivity contribution in [1.29, 1.82) is 0 Å². The number of hydrogen-bond donors (Lipinski definition) is 2. The zero-order valence-electron chi connectivity index (χ0n) is 13.2. The van der Waals surface area contributed by atoms with E-state index in [0.29, 0.717) is 17.1 Å². The van der Waals surface area contributed by atoms with Gasteiger partial charge in [-0.3, -0.25) is 9.00 Å². The fourth-order valence-electron chi connectivity index (χ4n) is 1.71. The van der Waals surface area contributed by atoms with Crippen molar-refractivity contribution in [3.8, 4) is 5.75 Å². The van der Waals surface area contributed by atoms with Crippen LogP contribution in [0.25, 0.3) is 0 Å². The number of carbonyl (C=O) groups excluding carboxylic acids is 1. The summed E-state index contributed by atoms with van der Waals surface area (Å²) in [6.45, 7) is 7.56. The van der Waals surface area contributed by atoms with Crippen molar-refractivity contribution in [1.82, 2.24) is 0 Å². The maximum absolute atomic E-state index is 12.3. The van der Waals surface area contributed by atoms with E-state index in [1.165, 1.54) is 0 Å². The number of anilines is 2. The topological polar surface area (TPSA) is 81.4 Å². The van der Waals surface area contributed by atoms with Crippen LogP contribution in [0.1, 0.15) is 27.7 Å². The van der Waals surface area contributed by atoms with E-state index < -0.39 is 16.0 Å². The van der Waals surface area contributed by atoms with Gasteiger partial charge in [0.05, 0.1) is 18.5 Å². The highest BCUT2D eigenvalue weighted by molar-refractivity contribution is 7.87. The molecule has 1 aromatic rings. The Labute approximate surface area is 128 Å². The van der Waals surface area contributed by atoms with E-state index in [0.717, 1.165) is 0 Å². The van der Waals surface area contributed by atoms with Crippen molar-refractivity contribution in [2.24, 2.45) is 5.92 Å². The van der Waals surface area contributed by atoms with Gasteiger partial charge in [-0.25, -0.2) is 0 Å². The standard InChI is InChI=1S/C15H24N2O3S/c1-9(2)10(3)21(19)11(4)15(18)17-14-7-6-12(20-5)8-13(14)16/h6-11H,16H2,1-5H3,(H,17,18). The third kappa shape index (κ3) is 4.46. The lowest BCUT2D eigenvalue weighted by Gasteiger charge is -2.20. The summed E-state index contributed by atoms with van der Waals surface area (Å²) in [7, 11) is 0.314. The number of nitrogens with two attached hydrogens (primary N) is 1. The second kappa shape index (κ2) is 7.45. The van der Waals surface area contributed by atoms with Gasteiger partial charge >= 0.3 is 0 Å². The number of nitrogen functional groups attached to an aromatic ring is 1. The highest BCUT2D eigenvalue weighted by atomic mass is 32.2. The highest BCUT2D eigenvalue weighted by Crippen LogP contribution is 2.24. The maximum atomic E-state index is 12.3.